The fourth-order valence-electron chi connectivity index (χ4n) is 1.68. The van der Waals surface area contributed by atoms with Gasteiger partial charge in [-0.3, -0.25) is 0 Å². The molecule has 0 saturated heterocycles. The lowest BCUT2D eigenvalue weighted by Gasteiger charge is -2.24. The van der Waals surface area contributed by atoms with Crippen LogP contribution in [0.5, 0.6) is 5.75 Å². The van der Waals surface area contributed by atoms with Crippen molar-refractivity contribution in [1.29, 1.82) is 0 Å². The fourth-order valence-corrected chi connectivity index (χ4v) is 1.68. The summed E-state index contributed by atoms with van der Waals surface area (Å²) in [6, 6.07) is 3.50. The lowest BCUT2D eigenvalue weighted by atomic mass is 9.88. The normalized spacial score (nSPS) is 15.1. The highest BCUT2D eigenvalue weighted by molar-refractivity contribution is 5.80. The van der Waals surface area contributed by atoms with Crippen molar-refractivity contribution in [3.63, 3.8) is 0 Å². The Labute approximate surface area is 113 Å². The predicted octanol–water partition coefficient (Wildman–Crippen LogP) is 0.360. The highest BCUT2D eigenvalue weighted by atomic mass is 16.4. The zero-order valence-corrected chi connectivity index (χ0v) is 10.3. The highest BCUT2D eigenvalue weighted by Gasteiger charge is 2.41. The lowest BCUT2D eigenvalue weighted by Crippen LogP contribution is -2.45. The van der Waals surface area contributed by atoms with Crippen molar-refractivity contribution in [1.82, 2.24) is 0 Å². The second kappa shape index (κ2) is 6.11. The molecule has 1 aromatic rings. The summed E-state index contributed by atoms with van der Waals surface area (Å²) in [4.78, 5) is 32.2. The molecule has 2 atom stereocenters. The van der Waals surface area contributed by atoms with Gasteiger partial charge in [-0.05, 0) is 17.7 Å². The monoisotopic (exact) mass is 283 g/mol. The minimum absolute atomic E-state index is 0.0365. The van der Waals surface area contributed by atoms with Gasteiger partial charge in [0, 0.05) is 12.8 Å². The number of nitroso groups, excluding NO2 is 1. The van der Waals surface area contributed by atoms with Crippen molar-refractivity contribution in [2.45, 2.75) is 24.5 Å². The standard InChI is InChI=1S/C12H13NO7/c14-8-3-1-7(2-4-8)5-12(19,11(17)18)6-9(13-20)10(15)16/h1-4,9,14,19H,5-6H2,(H,15,16)(H,17,18). The molecule has 0 spiro atoms. The molecule has 0 aliphatic rings. The maximum atomic E-state index is 11.1. The maximum absolute atomic E-state index is 11.1. The van der Waals surface area contributed by atoms with Crippen LogP contribution in [0.15, 0.2) is 29.4 Å². The molecule has 108 valence electrons. The van der Waals surface area contributed by atoms with Gasteiger partial charge in [-0.2, -0.15) is 0 Å². The number of carboxylic acid groups (broad SMARTS) is 2. The molecule has 8 heteroatoms. The number of carbonyl (C=O) groups is 2. The minimum Gasteiger partial charge on any atom is -0.508 e. The van der Waals surface area contributed by atoms with Crippen LogP contribution in [-0.2, 0) is 16.0 Å². The number of hydrogen-bond acceptors (Lipinski definition) is 6. The molecule has 20 heavy (non-hydrogen) atoms. The SMILES string of the molecule is O=NC(CC(O)(Cc1ccc(O)cc1)C(=O)O)C(=O)O. The van der Waals surface area contributed by atoms with Gasteiger partial charge in [0.2, 0.25) is 0 Å². The van der Waals surface area contributed by atoms with E-state index in [2.05, 4.69) is 5.18 Å². The molecule has 0 aromatic heterocycles. The second-order valence-corrected chi connectivity index (χ2v) is 4.34. The summed E-state index contributed by atoms with van der Waals surface area (Å²) >= 11 is 0. The number of phenolic OH excluding ortho intramolecular Hbond substituents is 1. The summed E-state index contributed by atoms with van der Waals surface area (Å²) in [5.41, 5.74) is -2.07. The predicted molar refractivity (Wildman–Crippen MR) is 66.2 cm³/mol. The van der Waals surface area contributed by atoms with Gasteiger partial charge in [-0.15, -0.1) is 4.91 Å². The Kier molecular flexibility index (Phi) is 4.76. The van der Waals surface area contributed by atoms with Gasteiger partial charge in [0.15, 0.2) is 11.6 Å². The number of aliphatic carboxylic acids is 2. The third kappa shape index (κ3) is 3.75. The number of nitrogens with zero attached hydrogens (tertiary/aromatic N) is 1. The lowest BCUT2D eigenvalue weighted by molar-refractivity contribution is -0.160. The van der Waals surface area contributed by atoms with E-state index in [-0.39, 0.29) is 5.75 Å². The summed E-state index contributed by atoms with van der Waals surface area (Å²) in [6.07, 6.45) is -1.26. The van der Waals surface area contributed by atoms with Crippen LogP contribution < -0.4 is 0 Å². The zero-order chi connectivity index (χ0) is 15.3. The van der Waals surface area contributed by atoms with Crippen LogP contribution in [0.1, 0.15) is 12.0 Å². The zero-order valence-electron chi connectivity index (χ0n) is 10.3. The van der Waals surface area contributed by atoms with Gasteiger partial charge in [-0.25, -0.2) is 9.59 Å². The van der Waals surface area contributed by atoms with Crippen molar-refractivity contribution >= 4 is 11.9 Å². The molecule has 0 aliphatic heterocycles. The molecule has 4 N–H and O–H groups in total. The van der Waals surface area contributed by atoms with Crippen LogP contribution in [0, 0.1) is 4.91 Å². The Morgan fingerprint density at radius 3 is 2.15 bits per heavy atom. The average molecular weight is 283 g/mol. The Morgan fingerprint density at radius 1 is 1.20 bits per heavy atom. The van der Waals surface area contributed by atoms with Crippen LogP contribution in [0.25, 0.3) is 0 Å². The van der Waals surface area contributed by atoms with Crippen molar-refractivity contribution in [2.24, 2.45) is 5.18 Å². The molecule has 0 aliphatic carbocycles. The topological polar surface area (TPSA) is 144 Å². The van der Waals surface area contributed by atoms with E-state index in [0.29, 0.717) is 5.56 Å². The molecule has 1 aromatic carbocycles. The number of phenols is 1. The molecular weight excluding hydrogens is 270 g/mol. The number of aromatic hydroxyl groups is 1. The van der Waals surface area contributed by atoms with Crippen LogP contribution in [0.3, 0.4) is 0 Å². The number of carboxylic acids is 2. The van der Waals surface area contributed by atoms with Gasteiger partial charge in [-0.1, -0.05) is 17.3 Å². The Morgan fingerprint density at radius 2 is 1.75 bits per heavy atom. The van der Waals surface area contributed by atoms with Crippen molar-refractivity contribution in [3.8, 4) is 5.75 Å². The van der Waals surface area contributed by atoms with Gasteiger partial charge in [0.05, 0.1) is 0 Å². The van der Waals surface area contributed by atoms with E-state index in [4.69, 9.17) is 15.3 Å². The van der Waals surface area contributed by atoms with E-state index in [9.17, 15) is 19.6 Å². The van der Waals surface area contributed by atoms with E-state index in [1.165, 1.54) is 24.3 Å². The molecule has 0 radical (unpaired) electrons. The summed E-state index contributed by atoms with van der Waals surface area (Å²) in [5.74, 6) is -3.29. The highest BCUT2D eigenvalue weighted by Crippen LogP contribution is 2.22. The Balaban J connectivity index is 2.97. The van der Waals surface area contributed by atoms with Gasteiger partial charge >= 0.3 is 11.9 Å². The van der Waals surface area contributed by atoms with Gasteiger partial charge in [0.1, 0.15) is 5.75 Å². The molecule has 1 rings (SSSR count). The van der Waals surface area contributed by atoms with E-state index in [0.717, 1.165) is 0 Å². The van der Waals surface area contributed by atoms with E-state index in [1.54, 1.807) is 0 Å². The Bertz CT molecular complexity index is 513. The minimum atomic E-state index is -2.44. The first-order valence-corrected chi connectivity index (χ1v) is 5.57. The molecule has 0 bridgehead atoms. The molecule has 0 fully saturated rings. The van der Waals surface area contributed by atoms with Crippen molar-refractivity contribution in [2.75, 3.05) is 0 Å². The average Bonchev–Trinajstić information content (AvgIpc) is 2.38. The number of rotatable bonds is 7. The second-order valence-electron chi connectivity index (χ2n) is 4.34. The third-order valence-corrected chi connectivity index (χ3v) is 2.77. The van der Waals surface area contributed by atoms with Crippen LogP contribution >= 0.6 is 0 Å². The summed E-state index contributed by atoms with van der Waals surface area (Å²) in [5, 5.41) is 39.2. The number of aliphatic hydroxyl groups is 1. The maximum Gasteiger partial charge on any atom is 0.336 e. The first-order chi connectivity index (χ1) is 9.28. The Hall–Kier alpha value is -2.48. The van der Waals surface area contributed by atoms with Crippen LogP contribution in [0.2, 0.25) is 0 Å². The summed E-state index contributed by atoms with van der Waals surface area (Å²) in [6.45, 7) is 0. The summed E-state index contributed by atoms with van der Waals surface area (Å²) < 4.78 is 0. The van der Waals surface area contributed by atoms with E-state index < -0.39 is 36.4 Å². The molecular formula is C12H13NO7. The van der Waals surface area contributed by atoms with Crippen molar-refractivity contribution in [3.05, 3.63) is 34.7 Å². The fraction of sp³-hybridized carbons (Fsp3) is 0.333. The van der Waals surface area contributed by atoms with Crippen LogP contribution in [0.4, 0.5) is 0 Å². The quantitative estimate of drug-likeness (QED) is 0.528. The molecule has 0 heterocycles. The van der Waals surface area contributed by atoms with Crippen LogP contribution in [-0.4, -0.2) is 44.0 Å². The largest absolute Gasteiger partial charge is 0.508 e. The molecule has 8 nitrogen and oxygen atoms in total. The first-order valence-electron chi connectivity index (χ1n) is 5.57. The summed E-state index contributed by atoms with van der Waals surface area (Å²) in [7, 11) is 0. The van der Waals surface area contributed by atoms with Gasteiger partial charge < -0.3 is 20.4 Å². The van der Waals surface area contributed by atoms with Gasteiger partial charge in [0.25, 0.3) is 0 Å². The molecule has 0 saturated carbocycles. The molecule has 0 amide bonds. The first kappa shape index (κ1) is 15.6. The van der Waals surface area contributed by atoms with Crippen molar-refractivity contribution < 1.29 is 30.0 Å². The number of benzene rings is 1. The number of hydrogen-bond donors (Lipinski definition) is 4. The molecule has 2 unspecified atom stereocenters. The smallest absolute Gasteiger partial charge is 0.336 e. The van der Waals surface area contributed by atoms with E-state index in [1.807, 2.05) is 0 Å². The van der Waals surface area contributed by atoms with E-state index >= 15 is 0 Å². The third-order valence-electron chi connectivity index (χ3n) is 2.77.